The maximum Gasteiger partial charge on any atom is 0.243 e. The van der Waals surface area contributed by atoms with Crippen LogP contribution in [0.2, 0.25) is 0 Å². The van der Waals surface area contributed by atoms with Crippen molar-refractivity contribution in [1.29, 1.82) is 0 Å². The minimum atomic E-state index is -3.34. The molecule has 0 radical (unpaired) electrons. The highest BCUT2D eigenvalue weighted by Gasteiger charge is 2.37. The zero-order valence-corrected chi connectivity index (χ0v) is 14.3. The Morgan fingerprint density at radius 1 is 1.27 bits per heavy atom. The van der Waals surface area contributed by atoms with Crippen LogP contribution in [0.4, 0.5) is 0 Å². The summed E-state index contributed by atoms with van der Waals surface area (Å²) in [4.78, 5) is 0.434. The molecule has 0 saturated carbocycles. The number of sulfonamides is 1. The standard InChI is InChI=1S/C17H26N2O2S/c1-3-13(2)14-4-6-16(7-5-14)22(20,21)19-11-9-17-15(12-19)8-10-18-17/h4-7,13,15,17-18H,3,8-12H2,1-2H3. The van der Waals surface area contributed by atoms with Crippen LogP contribution in [0.25, 0.3) is 0 Å². The second-order valence-corrected chi connectivity index (χ2v) is 8.58. The monoisotopic (exact) mass is 322 g/mol. The van der Waals surface area contributed by atoms with E-state index in [9.17, 15) is 8.42 Å². The van der Waals surface area contributed by atoms with Gasteiger partial charge >= 0.3 is 0 Å². The number of nitrogens with zero attached hydrogens (tertiary/aromatic N) is 1. The van der Waals surface area contributed by atoms with E-state index in [2.05, 4.69) is 19.2 Å². The summed E-state index contributed by atoms with van der Waals surface area (Å²) < 4.78 is 27.3. The van der Waals surface area contributed by atoms with Gasteiger partial charge in [0.1, 0.15) is 0 Å². The highest BCUT2D eigenvalue weighted by Crippen LogP contribution is 2.29. The van der Waals surface area contributed by atoms with Gasteiger partial charge in [0.2, 0.25) is 10.0 Å². The van der Waals surface area contributed by atoms with E-state index >= 15 is 0 Å². The minimum absolute atomic E-state index is 0.434. The average Bonchev–Trinajstić information content (AvgIpc) is 3.01. The van der Waals surface area contributed by atoms with Crippen LogP contribution < -0.4 is 5.32 Å². The molecule has 3 atom stereocenters. The first kappa shape index (κ1) is 16.0. The lowest BCUT2D eigenvalue weighted by atomic mass is 9.95. The molecule has 5 heteroatoms. The summed E-state index contributed by atoms with van der Waals surface area (Å²) >= 11 is 0. The normalized spacial score (nSPS) is 27.5. The maximum absolute atomic E-state index is 12.8. The Balaban J connectivity index is 1.77. The van der Waals surface area contributed by atoms with Gasteiger partial charge in [0.15, 0.2) is 0 Å². The zero-order valence-electron chi connectivity index (χ0n) is 13.5. The average molecular weight is 322 g/mol. The van der Waals surface area contributed by atoms with E-state index in [4.69, 9.17) is 0 Å². The first-order valence-corrected chi connectivity index (χ1v) is 9.80. The van der Waals surface area contributed by atoms with Crippen LogP contribution in [0.1, 0.15) is 44.6 Å². The number of fused-ring (bicyclic) bond motifs is 1. The predicted molar refractivity (Wildman–Crippen MR) is 88.4 cm³/mol. The van der Waals surface area contributed by atoms with E-state index < -0.39 is 10.0 Å². The molecule has 122 valence electrons. The summed E-state index contributed by atoms with van der Waals surface area (Å²) in [6.07, 6.45) is 3.08. The van der Waals surface area contributed by atoms with Gasteiger partial charge in [-0.3, -0.25) is 0 Å². The molecule has 3 rings (SSSR count). The van der Waals surface area contributed by atoms with Gasteiger partial charge in [-0.1, -0.05) is 26.0 Å². The highest BCUT2D eigenvalue weighted by molar-refractivity contribution is 7.89. The number of hydrogen-bond acceptors (Lipinski definition) is 3. The van der Waals surface area contributed by atoms with Crippen molar-refractivity contribution in [3.8, 4) is 0 Å². The fourth-order valence-corrected chi connectivity index (χ4v) is 5.10. The first-order chi connectivity index (χ1) is 10.5. The molecule has 2 heterocycles. The van der Waals surface area contributed by atoms with E-state index in [1.165, 1.54) is 5.56 Å². The smallest absolute Gasteiger partial charge is 0.243 e. The molecule has 1 N–H and O–H groups in total. The molecule has 0 amide bonds. The SMILES string of the molecule is CCC(C)c1ccc(S(=O)(=O)N2CCC3NCCC3C2)cc1. The molecule has 0 bridgehead atoms. The van der Waals surface area contributed by atoms with E-state index in [-0.39, 0.29) is 0 Å². The molecular weight excluding hydrogens is 296 g/mol. The van der Waals surface area contributed by atoms with E-state index in [1.807, 2.05) is 12.1 Å². The summed E-state index contributed by atoms with van der Waals surface area (Å²) in [7, 11) is -3.34. The van der Waals surface area contributed by atoms with Gasteiger partial charge in [0.05, 0.1) is 4.90 Å². The molecule has 2 fully saturated rings. The maximum atomic E-state index is 12.8. The topological polar surface area (TPSA) is 49.4 Å². The molecule has 4 nitrogen and oxygen atoms in total. The molecule has 1 aromatic rings. The molecule has 0 aliphatic carbocycles. The van der Waals surface area contributed by atoms with Crippen molar-refractivity contribution < 1.29 is 8.42 Å². The summed E-state index contributed by atoms with van der Waals surface area (Å²) in [6, 6.07) is 7.99. The predicted octanol–water partition coefficient (Wildman–Crippen LogP) is 2.57. The lowest BCUT2D eigenvalue weighted by Crippen LogP contribution is -2.46. The fourth-order valence-electron chi connectivity index (χ4n) is 3.59. The summed E-state index contributed by atoms with van der Waals surface area (Å²) in [5, 5.41) is 3.48. The number of hydrogen-bond donors (Lipinski definition) is 1. The van der Waals surface area contributed by atoms with Crippen molar-refractivity contribution in [2.24, 2.45) is 5.92 Å². The Kier molecular flexibility index (Phi) is 4.57. The van der Waals surface area contributed by atoms with Crippen LogP contribution in [0.3, 0.4) is 0 Å². The van der Waals surface area contributed by atoms with E-state index in [0.29, 0.717) is 35.9 Å². The van der Waals surface area contributed by atoms with Crippen LogP contribution in [-0.4, -0.2) is 38.4 Å². The molecule has 0 aromatic heterocycles. The van der Waals surface area contributed by atoms with Gasteiger partial charge in [0, 0.05) is 19.1 Å². The van der Waals surface area contributed by atoms with E-state index in [0.717, 1.165) is 25.8 Å². The van der Waals surface area contributed by atoms with Crippen molar-refractivity contribution >= 4 is 10.0 Å². The number of rotatable bonds is 4. The van der Waals surface area contributed by atoms with Gasteiger partial charge in [-0.25, -0.2) is 8.42 Å². The van der Waals surface area contributed by atoms with Gasteiger partial charge in [-0.2, -0.15) is 4.31 Å². The number of nitrogens with one attached hydrogen (secondary N) is 1. The molecule has 2 aliphatic rings. The molecular formula is C17H26N2O2S. The van der Waals surface area contributed by atoms with E-state index in [1.54, 1.807) is 16.4 Å². The van der Waals surface area contributed by atoms with Gasteiger partial charge < -0.3 is 5.32 Å². The first-order valence-electron chi connectivity index (χ1n) is 8.36. The van der Waals surface area contributed by atoms with Crippen molar-refractivity contribution in [3.05, 3.63) is 29.8 Å². The van der Waals surface area contributed by atoms with Crippen LogP contribution in [0.5, 0.6) is 0 Å². The third-order valence-corrected chi connectivity index (χ3v) is 7.20. The highest BCUT2D eigenvalue weighted by atomic mass is 32.2. The fraction of sp³-hybridized carbons (Fsp3) is 0.647. The zero-order chi connectivity index (χ0) is 15.7. The summed E-state index contributed by atoms with van der Waals surface area (Å²) in [6.45, 7) is 6.63. The largest absolute Gasteiger partial charge is 0.314 e. The summed E-state index contributed by atoms with van der Waals surface area (Å²) in [5.41, 5.74) is 1.21. The third kappa shape index (κ3) is 2.94. The Morgan fingerprint density at radius 2 is 2.00 bits per heavy atom. The molecule has 2 saturated heterocycles. The summed E-state index contributed by atoms with van der Waals surface area (Å²) in [5.74, 6) is 0.944. The minimum Gasteiger partial charge on any atom is -0.314 e. The van der Waals surface area contributed by atoms with Crippen molar-refractivity contribution in [2.75, 3.05) is 19.6 Å². The Morgan fingerprint density at radius 3 is 2.68 bits per heavy atom. The molecule has 22 heavy (non-hydrogen) atoms. The molecule has 1 aromatic carbocycles. The molecule has 3 unspecified atom stereocenters. The Bertz CT molecular complexity index is 612. The van der Waals surface area contributed by atoms with Crippen molar-refractivity contribution in [2.45, 2.75) is 50.0 Å². The van der Waals surface area contributed by atoms with Gasteiger partial charge in [0.25, 0.3) is 0 Å². The number of benzene rings is 1. The second-order valence-electron chi connectivity index (χ2n) is 6.64. The molecule has 0 spiro atoms. The molecule has 2 aliphatic heterocycles. The Hall–Kier alpha value is -0.910. The lowest BCUT2D eigenvalue weighted by molar-refractivity contribution is 0.247. The van der Waals surface area contributed by atoms with Gasteiger partial charge in [-0.05, 0) is 55.3 Å². The van der Waals surface area contributed by atoms with Crippen LogP contribution in [-0.2, 0) is 10.0 Å². The quantitative estimate of drug-likeness (QED) is 0.927. The number of piperidine rings is 1. The second kappa shape index (κ2) is 6.30. The Labute approximate surface area is 134 Å². The van der Waals surface area contributed by atoms with Crippen LogP contribution in [0.15, 0.2) is 29.2 Å². The van der Waals surface area contributed by atoms with Crippen molar-refractivity contribution in [1.82, 2.24) is 9.62 Å². The third-order valence-electron chi connectivity index (χ3n) is 5.32. The van der Waals surface area contributed by atoms with Crippen LogP contribution in [0, 0.1) is 5.92 Å². The van der Waals surface area contributed by atoms with Crippen molar-refractivity contribution in [3.63, 3.8) is 0 Å². The lowest BCUT2D eigenvalue weighted by Gasteiger charge is -2.34. The van der Waals surface area contributed by atoms with Gasteiger partial charge in [-0.15, -0.1) is 0 Å². The van der Waals surface area contributed by atoms with Crippen LogP contribution >= 0.6 is 0 Å².